The number of hydrogen-bond acceptors (Lipinski definition) is 5. The van der Waals surface area contributed by atoms with Gasteiger partial charge in [0.15, 0.2) is 11.5 Å². The zero-order valence-electron chi connectivity index (χ0n) is 13.0. The molecule has 0 N–H and O–H groups in total. The lowest BCUT2D eigenvalue weighted by molar-refractivity contribution is 0.353. The van der Waals surface area contributed by atoms with E-state index >= 15 is 0 Å². The highest BCUT2D eigenvalue weighted by Crippen LogP contribution is 2.37. The number of hydrogen-bond donors (Lipinski definition) is 0. The van der Waals surface area contributed by atoms with Crippen molar-refractivity contribution in [1.82, 2.24) is 0 Å². The fourth-order valence-electron chi connectivity index (χ4n) is 2.07. The highest BCUT2D eigenvalue weighted by Gasteiger charge is 2.21. The van der Waals surface area contributed by atoms with Crippen LogP contribution in [0.4, 0.5) is 0 Å². The summed E-state index contributed by atoms with van der Waals surface area (Å²) in [7, 11) is -0.910. The second kappa shape index (κ2) is 7.51. The van der Waals surface area contributed by atoms with E-state index in [4.69, 9.17) is 9.47 Å². The average molecular weight is 408 g/mol. The summed E-state index contributed by atoms with van der Waals surface area (Å²) in [5, 5.41) is 9.32. The van der Waals surface area contributed by atoms with Gasteiger partial charge in [-0.1, -0.05) is 18.2 Å². The molecule has 0 saturated heterocycles. The van der Waals surface area contributed by atoms with Gasteiger partial charge in [0.05, 0.1) is 23.6 Å². The third-order valence-electron chi connectivity index (χ3n) is 3.21. The van der Waals surface area contributed by atoms with Crippen LogP contribution < -0.4 is 9.47 Å². The average Bonchev–Trinajstić information content (AvgIpc) is 2.59. The van der Waals surface area contributed by atoms with Crippen molar-refractivity contribution >= 4 is 31.8 Å². The maximum atomic E-state index is 12.6. The predicted molar refractivity (Wildman–Crippen MR) is 94.5 cm³/mol. The van der Waals surface area contributed by atoms with Gasteiger partial charge in [0.25, 0.3) is 0 Å². The number of rotatable bonds is 5. The predicted octanol–water partition coefficient (Wildman–Crippen LogP) is 3.80. The molecule has 0 fully saturated rings. The highest BCUT2D eigenvalue weighted by atomic mass is 79.9. The van der Waals surface area contributed by atoms with Gasteiger partial charge >= 0.3 is 0 Å². The third kappa shape index (κ3) is 3.61. The van der Waals surface area contributed by atoms with Gasteiger partial charge in [-0.3, -0.25) is 0 Å². The van der Waals surface area contributed by atoms with Crippen LogP contribution in [0.15, 0.2) is 56.7 Å². The Balaban J connectivity index is 2.57. The zero-order chi connectivity index (χ0) is 17.7. The van der Waals surface area contributed by atoms with Crippen molar-refractivity contribution in [2.45, 2.75) is 4.90 Å². The van der Waals surface area contributed by atoms with Crippen molar-refractivity contribution in [3.05, 3.63) is 57.4 Å². The molecule has 7 heteroatoms. The van der Waals surface area contributed by atoms with Gasteiger partial charge in [-0.25, -0.2) is 8.42 Å². The normalized spacial score (nSPS) is 11.7. The zero-order valence-corrected chi connectivity index (χ0v) is 15.4. The fraction of sp³-hybridized carbons (Fsp3) is 0.118. The Morgan fingerprint density at radius 3 is 2.38 bits per heavy atom. The molecule has 0 heterocycles. The lowest BCUT2D eigenvalue weighted by Crippen LogP contribution is -2.03. The molecule has 0 saturated carbocycles. The minimum Gasteiger partial charge on any atom is -0.493 e. The van der Waals surface area contributed by atoms with Crippen LogP contribution in [-0.4, -0.2) is 22.6 Å². The summed E-state index contributed by atoms with van der Waals surface area (Å²) in [6.07, 6.45) is 1.30. The molecule has 2 aromatic rings. The van der Waals surface area contributed by atoms with Gasteiger partial charge in [0.2, 0.25) is 9.84 Å². The molecule has 124 valence electrons. The molecule has 5 nitrogen and oxygen atoms in total. The molecule has 0 amide bonds. The molecule has 0 unspecified atom stereocenters. The van der Waals surface area contributed by atoms with Crippen molar-refractivity contribution in [1.29, 1.82) is 5.26 Å². The van der Waals surface area contributed by atoms with E-state index in [1.807, 2.05) is 0 Å². The van der Waals surface area contributed by atoms with Crippen molar-refractivity contribution in [3.8, 4) is 17.6 Å². The summed E-state index contributed by atoms with van der Waals surface area (Å²) in [5.41, 5.74) is 0.496. The molecular weight excluding hydrogens is 394 g/mol. The number of nitriles is 1. The Kier molecular flexibility index (Phi) is 5.65. The van der Waals surface area contributed by atoms with Gasteiger partial charge < -0.3 is 9.47 Å². The van der Waals surface area contributed by atoms with Crippen LogP contribution in [-0.2, 0) is 9.84 Å². The maximum Gasteiger partial charge on any atom is 0.216 e. The van der Waals surface area contributed by atoms with Gasteiger partial charge in [-0.05, 0) is 51.8 Å². The number of sulfone groups is 1. The molecule has 2 rings (SSSR count). The molecule has 24 heavy (non-hydrogen) atoms. The molecule has 0 aliphatic heterocycles. The Hall–Kier alpha value is -2.30. The van der Waals surface area contributed by atoms with E-state index in [1.54, 1.807) is 36.4 Å². The van der Waals surface area contributed by atoms with E-state index in [2.05, 4.69) is 15.9 Å². The molecule has 0 aromatic heterocycles. The molecular formula is C17H14BrNO4S. The largest absolute Gasteiger partial charge is 0.493 e. The van der Waals surface area contributed by atoms with Crippen molar-refractivity contribution in [2.75, 3.05) is 14.2 Å². The van der Waals surface area contributed by atoms with Crippen molar-refractivity contribution < 1.29 is 17.9 Å². The Labute approximate surface area is 149 Å². The Bertz CT molecular complexity index is 916. The fourth-order valence-corrected chi connectivity index (χ4v) is 3.87. The molecule has 0 aliphatic rings. The van der Waals surface area contributed by atoms with Crippen LogP contribution in [0.25, 0.3) is 6.08 Å². The number of ether oxygens (including phenoxy) is 2. The van der Waals surface area contributed by atoms with Crippen molar-refractivity contribution in [3.63, 3.8) is 0 Å². The second-order valence-electron chi connectivity index (χ2n) is 4.68. The molecule has 0 radical (unpaired) electrons. The minimum absolute atomic E-state index is 0.0670. The first-order chi connectivity index (χ1) is 11.4. The maximum absolute atomic E-state index is 12.6. The lowest BCUT2D eigenvalue weighted by Gasteiger charge is -2.11. The van der Waals surface area contributed by atoms with Crippen LogP contribution >= 0.6 is 15.9 Å². The second-order valence-corrected chi connectivity index (χ2v) is 7.45. The summed E-state index contributed by atoms with van der Waals surface area (Å²) in [4.78, 5) is -0.287. The third-order valence-corrected chi connectivity index (χ3v) is 5.48. The van der Waals surface area contributed by atoms with E-state index in [-0.39, 0.29) is 9.80 Å². The molecule has 2 aromatic carbocycles. The van der Waals surface area contributed by atoms with Crippen LogP contribution in [0.3, 0.4) is 0 Å². The molecule has 0 aliphatic carbocycles. The number of halogens is 1. The minimum atomic E-state index is -3.88. The van der Waals surface area contributed by atoms with Gasteiger partial charge in [-0.15, -0.1) is 0 Å². The molecule has 0 atom stereocenters. The smallest absolute Gasteiger partial charge is 0.216 e. The summed E-state index contributed by atoms with van der Waals surface area (Å²) in [6, 6.07) is 12.8. The Morgan fingerprint density at radius 2 is 1.83 bits per heavy atom. The topological polar surface area (TPSA) is 76.4 Å². The quantitative estimate of drug-likeness (QED) is 0.704. The van der Waals surface area contributed by atoms with Crippen LogP contribution in [0.2, 0.25) is 0 Å². The van der Waals surface area contributed by atoms with E-state index in [9.17, 15) is 13.7 Å². The number of benzene rings is 2. The number of methoxy groups -OCH3 is 2. The van der Waals surface area contributed by atoms with Gasteiger partial charge in [-0.2, -0.15) is 5.26 Å². The monoisotopic (exact) mass is 407 g/mol. The van der Waals surface area contributed by atoms with E-state index < -0.39 is 9.84 Å². The van der Waals surface area contributed by atoms with Gasteiger partial charge in [0, 0.05) is 0 Å². The van der Waals surface area contributed by atoms with Crippen LogP contribution in [0.5, 0.6) is 11.5 Å². The van der Waals surface area contributed by atoms with Crippen LogP contribution in [0.1, 0.15) is 5.56 Å². The highest BCUT2D eigenvalue weighted by molar-refractivity contribution is 9.10. The summed E-state index contributed by atoms with van der Waals surface area (Å²) >= 11 is 3.34. The van der Waals surface area contributed by atoms with E-state index in [0.717, 1.165) is 0 Å². The summed E-state index contributed by atoms with van der Waals surface area (Å²) in [5.74, 6) is 0.909. The molecule has 0 bridgehead atoms. The van der Waals surface area contributed by atoms with Crippen molar-refractivity contribution in [2.24, 2.45) is 0 Å². The summed E-state index contributed by atoms with van der Waals surface area (Å²) in [6.45, 7) is 0. The summed E-state index contributed by atoms with van der Waals surface area (Å²) < 4.78 is 36.2. The van der Waals surface area contributed by atoms with Crippen LogP contribution in [0, 0.1) is 11.3 Å². The standard InChI is InChI=1S/C17H14BrNO4S/c1-22-16-10-12(9-15(18)17(16)23-2)8-14(11-19)24(20,21)13-6-4-3-5-7-13/h3-10H,1-2H3. The van der Waals surface area contributed by atoms with Gasteiger partial charge in [0.1, 0.15) is 11.0 Å². The number of nitrogens with zero attached hydrogens (tertiary/aromatic N) is 1. The first-order valence-electron chi connectivity index (χ1n) is 6.77. The van der Waals surface area contributed by atoms with E-state index in [0.29, 0.717) is 21.5 Å². The van der Waals surface area contributed by atoms with E-state index in [1.165, 1.54) is 32.4 Å². The molecule has 0 spiro atoms. The first kappa shape index (κ1) is 18.0. The first-order valence-corrected chi connectivity index (χ1v) is 9.05. The lowest BCUT2D eigenvalue weighted by atomic mass is 10.2. The SMILES string of the molecule is COc1cc(C=C(C#N)S(=O)(=O)c2ccccc2)cc(Br)c1OC. The Morgan fingerprint density at radius 1 is 1.17 bits per heavy atom. The number of allylic oxidation sites excluding steroid dienone is 1.